The second-order valence-electron chi connectivity index (χ2n) is 6.79. The number of nitrogens with one attached hydrogen (secondary N) is 2. The third-order valence-corrected chi connectivity index (χ3v) is 5.27. The van der Waals surface area contributed by atoms with Gasteiger partial charge < -0.3 is 15.4 Å². The molecule has 0 aliphatic rings. The summed E-state index contributed by atoms with van der Waals surface area (Å²) >= 11 is 18.1. The molecule has 0 radical (unpaired) electrons. The highest BCUT2D eigenvalue weighted by Crippen LogP contribution is 2.27. The highest BCUT2D eigenvalue weighted by atomic mass is 35.5. The lowest BCUT2D eigenvalue weighted by Gasteiger charge is -2.14. The highest BCUT2D eigenvalue weighted by molar-refractivity contribution is 6.36. The number of nitro benzene ring substituents is 1. The normalized spacial score (nSPS) is 11.0. The molecule has 0 saturated carbocycles. The molecule has 174 valence electrons. The second kappa shape index (κ2) is 11.0. The van der Waals surface area contributed by atoms with Gasteiger partial charge in [-0.2, -0.15) is 0 Å². The molecule has 3 rings (SSSR count). The number of carbonyl (C=O) groups is 2. The minimum atomic E-state index is -0.745. The van der Waals surface area contributed by atoms with Crippen LogP contribution in [0.4, 0.5) is 11.4 Å². The number of hydrogen-bond donors (Lipinski definition) is 2. The maximum Gasteiger partial charge on any atom is 0.272 e. The number of nitro groups is 1. The zero-order valence-corrected chi connectivity index (χ0v) is 19.7. The Kier molecular flexibility index (Phi) is 8.12. The fourth-order valence-corrected chi connectivity index (χ4v) is 3.39. The fraction of sp³-hybridized carbons (Fsp3) is 0.0435. The van der Waals surface area contributed by atoms with Crippen LogP contribution in [0.3, 0.4) is 0 Å². The van der Waals surface area contributed by atoms with Crippen molar-refractivity contribution in [2.75, 3.05) is 12.4 Å². The van der Waals surface area contributed by atoms with Gasteiger partial charge in [-0.1, -0.05) is 46.9 Å². The van der Waals surface area contributed by atoms with Crippen molar-refractivity contribution in [1.29, 1.82) is 0 Å². The lowest BCUT2D eigenvalue weighted by Crippen LogP contribution is -2.31. The number of anilines is 1. The summed E-state index contributed by atoms with van der Waals surface area (Å²) in [6.45, 7) is 0. The quantitative estimate of drug-likeness (QED) is 0.226. The van der Waals surface area contributed by atoms with Crippen LogP contribution in [-0.4, -0.2) is 23.8 Å². The first kappa shape index (κ1) is 25.0. The third-order valence-electron chi connectivity index (χ3n) is 4.47. The van der Waals surface area contributed by atoms with Gasteiger partial charge in [-0.05, 0) is 48.0 Å². The Morgan fingerprint density at radius 1 is 1.00 bits per heavy atom. The van der Waals surface area contributed by atoms with Crippen molar-refractivity contribution in [2.45, 2.75) is 0 Å². The first-order valence-corrected chi connectivity index (χ1v) is 10.7. The van der Waals surface area contributed by atoms with Crippen LogP contribution in [0.5, 0.6) is 5.75 Å². The first-order valence-electron chi connectivity index (χ1n) is 9.55. The molecule has 0 aromatic heterocycles. The Morgan fingerprint density at radius 3 is 2.41 bits per heavy atom. The Balaban J connectivity index is 2.01. The van der Waals surface area contributed by atoms with Gasteiger partial charge in [0.15, 0.2) is 0 Å². The summed E-state index contributed by atoms with van der Waals surface area (Å²) in [5, 5.41) is 17.0. The van der Waals surface area contributed by atoms with Crippen LogP contribution in [0.15, 0.2) is 66.4 Å². The number of ether oxygens (including phenoxy) is 1. The topological polar surface area (TPSA) is 111 Å². The van der Waals surface area contributed by atoms with E-state index in [-0.39, 0.29) is 38.4 Å². The first-order chi connectivity index (χ1) is 16.2. The van der Waals surface area contributed by atoms with Gasteiger partial charge in [0.1, 0.15) is 11.4 Å². The molecule has 2 N–H and O–H groups in total. The van der Waals surface area contributed by atoms with E-state index in [1.807, 2.05) is 0 Å². The average Bonchev–Trinajstić information content (AvgIpc) is 2.81. The predicted octanol–water partition coefficient (Wildman–Crippen LogP) is 5.97. The van der Waals surface area contributed by atoms with Crippen molar-refractivity contribution in [3.8, 4) is 5.75 Å². The van der Waals surface area contributed by atoms with Crippen molar-refractivity contribution in [2.24, 2.45) is 0 Å². The van der Waals surface area contributed by atoms with Gasteiger partial charge in [0, 0.05) is 22.2 Å². The number of methoxy groups -OCH3 is 1. The maximum absolute atomic E-state index is 13.1. The molecule has 2 amide bonds. The minimum Gasteiger partial charge on any atom is -0.496 e. The number of amides is 2. The Morgan fingerprint density at radius 2 is 1.71 bits per heavy atom. The van der Waals surface area contributed by atoms with Crippen LogP contribution in [0.1, 0.15) is 15.9 Å². The monoisotopic (exact) mass is 519 g/mol. The van der Waals surface area contributed by atoms with E-state index in [0.717, 1.165) is 0 Å². The number of carbonyl (C=O) groups excluding carboxylic acids is 2. The summed E-state index contributed by atoms with van der Waals surface area (Å²) in [6.07, 6.45) is 1.29. The molecular formula is C23H16Cl3N3O5. The second-order valence-corrected chi connectivity index (χ2v) is 8.07. The number of non-ortho nitro benzene ring substituents is 1. The van der Waals surface area contributed by atoms with Crippen LogP contribution in [0.2, 0.25) is 15.1 Å². The highest BCUT2D eigenvalue weighted by Gasteiger charge is 2.19. The van der Waals surface area contributed by atoms with Crippen LogP contribution in [0, 0.1) is 10.1 Å². The van der Waals surface area contributed by atoms with Crippen LogP contribution >= 0.6 is 34.8 Å². The lowest BCUT2D eigenvalue weighted by molar-refractivity contribution is -0.384. The summed E-state index contributed by atoms with van der Waals surface area (Å²) < 4.78 is 5.20. The standard InChI is InChI=1S/C23H16Cl3N3O5/c1-34-21-8-6-14(24)11-17(21)22(30)28-20(10-13-3-2-4-16(9-13)29(32)33)23(31)27-19-12-15(25)5-7-18(19)26/h2-12H,1H3,(H,27,31)(H,28,30)/b20-10-. The van der Waals surface area contributed by atoms with Gasteiger partial charge in [0.2, 0.25) is 0 Å². The van der Waals surface area contributed by atoms with Crippen molar-refractivity contribution in [3.05, 3.63) is 103 Å². The maximum atomic E-state index is 13.1. The van der Waals surface area contributed by atoms with E-state index in [9.17, 15) is 19.7 Å². The molecular weight excluding hydrogens is 505 g/mol. The lowest BCUT2D eigenvalue weighted by atomic mass is 10.1. The predicted molar refractivity (Wildman–Crippen MR) is 132 cm³/mol. The number of benzene rings is 3. The molecule has 0 fully saturated rings. The van der Waals surface area contributed by atoms with Gasteiger partial charge in [-0.25, -0.2) is 0 Å². The molecule has 3 aromatic carbocycles. The van der Waals surface area contributed by atoms with Crippen molar-refractivity contribution in [3.63, 3.8) is 0 Å². The molecule has 11 heteroatoms. The van der Waals surface area contributed by atoms with Gasteiger partial charge >= 0.3 is 0 Å². The molecule has 0 saturated heterocycles. The average molecular weight is 521 g/mol. The fourth-order valence-electron chi connectivity index (χ4n) is 2.88. The largest absolute Gasteiger partial charge is 0.496 e. The van der Waals surface area contributed by atoms with E-state index < -0.39 is 16.7 Å². The van der Waals surface area contributed by atoms with E-state index in [1.165, 1.54) is 55.7 Å². The van der Waals surface area contributed by atoms with Crippen molar-refractivity contribution < 1.29 is 19.2 Å². The van der Waals surface area contributed by atoms with Crippen LogP contribution in [-0.2, 0) is 4.79 Å². The van der Waals surface area contributed by atoms with Crippen LogP contribution in [0.25, 0.3) is 6.08 Å². The van der Waals surface area contributed by atoms with E-state index in [4.69, 9.17) is 39.5 Å². The Labute approximate surface area is 209 Å². The minimum absolute atomic E-state index is 0.0773. The molecule has 34 heavy (non-hydrogen) atoms. The number of nitrogens with zero attached hydrogens (tertiary/aromatic N) is 1. The molecule has 0 unspecified atom stereocenters. The van der Waals surface area contributed by atoms with Crippen LogP contribution < -0.4 is 15.4 Å². The van der Waals surface area contributed by atoms with Crippen molar-refractivity contribution in [1.82, 2.24) is 5.32 Å². The summed E-state index contributed by atoms with van der Waals surface area (Å²) in [6, 6.07) is 14.5. The van der Waals surface area contributed by atoms with Crippen molar-refractivity contribution >= 4 is 64.1 Å². The summed E-state index contributed by atoms with van der Waals surface area (Å²) in [5.74, 6) is -1.21. The molecule has 8 nitrogen and oxygen atoms in total. The number of halogens is 3. The Hall–Kier alpha value is -3.59. The van der Waals surface area contributed by atoms with Gasteiger partial charge in [0.25, 0.3) is 17.5 Å². The zero-order chi connectivity index (χ0) is 24.8. The Bertz CT molecular complexity index is 1310. The molecule has 0 atom stereocenters. The van der Waals surface area contributed by atoms with E-state index >= 15 is 0 Å². The molecule has 0 spiro atoms. The SMILES string of the molecule is COc1ccc(Cl)cc1C(=O)N/C(=C\c1cccc([N+](=O)[O-])c1)C(=O)Nc1cc(Cl)ccc1Cl. The van der Waals surface area contributed by atoms with Gasteiger partial charge in [0.05, 0.1) is 28.3 Å². The third kappa shape index (κ3) is 6.26. The number of rotatable bonds is 7. The van der Waals surface area contributed by atoms with E-state index in [0.29, 0.717) is 10.6 Å². The van der Waals surface area contributed by atoms with Gasteiger partial charge in [-0.15, -0.1) is 0 Å². The molecule has 0 heterocycles. The van der Waals surface area contributed by atoms with E-state index in [2.05, 4.69) is 10.6 Å². The van der Waals surface area contributed by atoms with Gasteiger partial charge in [-0.3, -0.25) is 19.7 Å². The smallest absolute Gasteiger partial charge is 0.272 e. The molecule has 0 aliphatic heterocycles. The van der Waals surface area contributed by atoms with E-state index in [1.54, 1.807) is 18.2 Å². The summed E-state index contributed by atoms with van der Waals surface area (Å²) in [4.78, 5) is 36.7. The molecule has 3 aromatic rings. The summed E-state index contributed by atoms with van der Waals surface area (Å²) in [5.41, 5.74) is 0.180. The summed E-state index contributed by atoms with van der Waals surface area (Å²) in [7, 11) is 1.38. The molecule has 0 bridgehead atoms. The number of hydrogen-bond acceptors (Lipinski definition) is 5. The zero-order valence-electron chi connectivity index (χ0n) is 17.5. The molecule has 0 aliphatic carbocycles.